The van der Waals surface area contributed by atoms with E-state index in [0.717, 1.165) is 22.2 Å². The summed E-state index contributed by atoms with van der Waals surface area (Å²) in [7, 11) is 2.00. The monoisotopic (exact) mass is 355 g/mol. The van der Waals surface area contributed by atoms with Crippen LogP contribution < -0.4 is 9.64 Å². The molecule has 1 aliphatic heterocycles. The standard InChI is InChI=1S/C22H17N3O2/c1-24-12-10-15-13-16(8-9-18(15)24)22(26)25-14-17-5-4-11-23-21(17)27-20-7-3-2-6-19(20)25/h2-13H,14H2,1H3. The molecule has 0 atom stereocenters. The second-order valence-corrected chi connectivity index (χ2v) is 6.63. The summed E-state index contributed by atoms with van der Waals surface area (Å²) in [5.74, 6) is 1.11. The summed E-state index contributed by atoms with van der Waals surface area (Å²) in [5, 5.41) is 1.05. The van der Waals surface area contributed by atoms with Gasteiger partial charge in [-0.3, -0.25) is 4.79 Å². The lowest BCUT2D eigenvalue weighted by Crippen LogP contribution is -2.29. The van der Waals surface area contributed by atoms with Crippen molar-refractivity contribution in [2.75, 3.05) is 4.90 Å². The smallest absolute Gasteiger partial charge is 0.258 e. The summed E-state index contributed by atoms with van der Waals surface area (Å²) in [5.41, 5.74) is 3.37. The van der Waals surface area contributed by atoms with Crippen molar-refractivity contribution in [2.24, 2.45) is 7.05 Å². The molecular weight excluding hydrogens is 338 g/mol. The number of carbonyl (C=O) groups excluding carboxylic acids is 1. The van der Waals surface area contributed by atoms with Crippen LogP contribution in [0.5, 0.6) is 11.6 Å². The molecular formula is C22H17N3O2. The molecule has 0 fully saturated rings. The molecule has 1 aliphatic rings. The molecule has 2 aromatic heterocycles. The third-order valence-corrected chi connectivity index (χ3v) is 4.92. The van der Waals surface area contributed by atoms with Crippen LogP contribution in [0.1, 0.15) is 15.9 Å². The minimum Gasteiger partial charge on any atom is -0.436 e. The molecule has 5 nitrogen and oxygen atoms in total. The molecule has 27 heavy (non-hydrogen) atoms. The highest BCUT2D eigenvalue weighted by Crippen LogP contribution is 2.38. The maximum Gasteiger partial charge on any atom is 0.258 e. The topological polar surface area (TPSA) is 47.4 Å². The van der Waals surface area contributed by atoms with Crippen molar-refractivity contribution in [1.82, 2.24) is 9.55 Å². The Balaban J connectivity index is 1.62. The predicted octanol–water partition coefficient (Wildman–Crippen LogP) is 4.53. The fourth-order valence-electron chi connectivity index (χ4n) is 3.51. The first kappa shape index (κ1) is 15.6. The van der Waals surface area contributed by atoms with Gasteiger partial charge in [0.25, 0.3) is 5.91 Å². The van der Waals surface area contributed by atoms with E-state index in [1.807, 2.05) is 78.5 Å². The third-order valence-electron chi connectivity index (χ3n) is 4.92. The van der Waals surface area contributed by atoms with Crippen LogP contribution in [-0.2, 0) is 13.6 Å². The summed E-state index contributed by atoms with van der Waals surface area (Å²) in [6, 6.07) is 19.2. The molecule has 0 bridgehead atoms. The molecule has 5 heteroatoms. The Labute approximate surface area is 156 Å². The van der Waals surface area contributed by atoms with Crippen LogP contribution in [0.3, 0.4) is 0 Å². The Morgan fingerprint density at radius 3 is 2.89 bits per heavy atom. The Morgan fingerprint density at radius 2 is 1.96 bits per heavy atom. The van der Waals surface area contributed by atoms with Crippen LogP contribution in [0.25, 0.3) is 10.9 Å². The zero-order chi connectivity index (χ0) is 18.4. The number of fused-ring (bicyclic) bond motifs is 3. The quantitative estimate of drug-likeness (QED) is 0.504. The van der Waals surface area contributed by atoms with Crippen LogP contribution in [0.4, 0.5) is 5.69 Å². The van der Waals surface area contributed by atoms with Crippen molar-refractivity contribution in [1.29, 1.82) is 0 Å². The number of hydrogen-bond acceptors (Lipinski definition) is 3. The van der Waals surface area contributed by atoms with Gasteiger partial charge in [-0.25, -0.2) is 4.98 Å². The lowest BCUT2D eigenvalue weighted by Gasteiger charge is -2.22. The van der Waals surface area contributed by atoms with Crippen LogP contribution in [0.2, 0.25) is 0 Å². The maximum atomic E-state index is 13.4. The average molecular weight is 355 g/mol. The van der Waals surface area contributed by atoms with E-state index in [0.29, 0.717) is 23.7 Å². The van der Waals surface area contributed by atoms with Gasteiger partial charge in [0, 0.05) is 41.5 Å². The van der Waals surface area contributed by atoms with Crippen molar-refractivity contribution < 1.29 is 9.53 Å². The summed E-state index contributed by atoms with van der Waals surface area (Å²) in [6.07, 6.45) is 3.69. The highest BCUT2D eigenvalue weighted by atomic mass is 16.5. The summed E-state index contributed by atoms with van der Waals surface area (Å²) >= 11 is 0. The van der Waals surface area contributed by atoms with E-state index in [2.05, 4.69) is 4.98 Å². The molecule has 0 saturated heterocycles. The average Bonchev–Trinajstić information content (AvgIpc) is 2.98. The highest BCUT2D eigenvalue weighted by Gasteiger charge is 2.26. The van der Waals surface area contributed by atoms with Gasteiger partial charge >= 0.3 is 0 Å². The zero-order valence-corrected chi connectivity index (χ0v) is 14.8. The minimum absolute atomic E-state index is 0.0616. The van der Waals surface area contributed by atoms with E-state index >= 15 is 0 Å². The number of pyridine rings is 1. The molecule has 0 aliphatic carbocycles. The Hall–Kier alpha value is -3.60. The predicted molar refractivity (Wildman–Crippen MR) is 104 cm³/mol. The molecule has 0 radical (unpaired) electrons. The van der Waals surface area contributed by atoms with Crippen LogP contribution >= 0.6 is 0 Å². The fraction of sp³-hybridized carbons (Fsp3) is 0.0909. The first-order chi connectivity index (χ1) is 13.2. The van der Waals surface area contributed by atoms with Gasteiger partial charge in [-0.05, 0) is 42.5 Å². The van der Waals surface area contributed by atoms with E-state index in [9.17, 15) is 4.79 Å². The summed E-state index contributed by atoms with van der Waals surface area (Å²) < 4.78 is 8.03. The molecule has 0 N–H and O–H groups in total. The van der Waals surface area contributed by atoms with E-state index in [1.54, 1.807) is 11.1 Å². The number of aryl methyl sites for hydroxylation is 1. The number of ether oxygens (including phenoxy) is 1. The number of hydrogen-bond donors (Lipinski definition) is 0. The molecule has 132 valence electrons. The van der Waals surface area contributed by atoms with E-state index in [1.165, 1.54) is 0 Å². The third kappa shape index (κ3) is 2.56. The molecule has 0 saturated carbocycles. The van der Waals surface area contributed by atoms with Gasteiger partial charge in [-0.2, -0.15) is 0 Å². The number of para-hydroxylation sites is 2. The van der Waals surface area contributed by atoms with Crippen molar-refractivity contribution in [3.63, 3.8) is 0 Å². The second kappa shape index (κ2) is 5.99. The van der Waals surface area contributed by atoms with Gasteiger partial charge in [-0.1, -0.05) is 18.2 Å². The number of amides is 1. The maximum absolute atomic E-state index is 13.4. The van der Waals surface area contributed by atoms with Gasteiger partial charge in [0.1, 0.15) is 0 Å². The van der Waals surface area contributed by atoms with Crippen molar-refractivity contribution in [3.8, 4) is 11.6 Å². The first-order valence-corrected chi connectivity index (χ1v) is 8.78. The number of aromatic nitrogens is 2. The second-order valence-electron chi connectivity index (χ2n) is 6.63. The normalized spacial score (nSPS) is 12.9. The van der Waals surface area contributed by atoms with Gasteiger partial charge < -0.3 is 14.2 Å². The fourth-order valence-corrected chi connectivity index (χ4v) is 3.51. The highest BCUT2D eigenvalue weighted by molar-refractivity contribution is 6.08. The van der Waals surface area contributed by atoms with E-state index in [-0.39, 0.29) is 5.91 Å². The molecule has 2 aromatic carbocycles. The van der Waals surface area contributed by atoms with Crippen molar-refractivity contribution in [2.45, 2.75) is 6.54 Å². The van der Waals surface area contributed by atoms with E-state index in [4.69, 9.17) is 4.74 Å². The van der Waals surface area contributed by atoms with Gasteiger partial charge in [0.05, 0.1) is 12.2 Å². The lowest BCUT2D eigenvalue weighted by molar-refractivity contribution is 0.0985. The number of carbonyl (C=O) groups is 1. The first-order valence-electron chi connectivity index (χ1n) is 8.78. The largest absolute Gasteiger partial charge is 0.436 e. The minimum atomic E-state index is -0.0616. The number of anilines is 1. The van der Waals surface area contributed by atoms with E-state index < -0.39 is 0 Å². The zero-order valence-electron chi connectivity index (χ0n) is 14.8. The number of benzene rings is 2. The van der Waals surface area contributed by atoms with Crippen LogP contribution in [0.15, 0.2) is 73.1 Å². The Morgan fingerprint density at radius 1 is 1.07 bits per heavy atom. The number of rotatable bonds is 1. The summed E-state index contributed by atoms with van der Waals surface area (Å²) in [4.78, 5) is 19.5. The van der Waals surface area contributed by atoms with Crippen LogP contribution in [0, 0.1) is 0 Å². The van der Waals surface area contributed by atoms with Crippen molar-refractivity contribution >= 4 is 22.5 Å². The Bertz CT molecular complexity index is 1180. The molecule has 0 spiro atoms. The van der Waals surface area contributed by atoms with Gasteiger partial charge in [0.2, 0.25) is 5.88 Å². The molecule has 5 rings (SSSR count). The number of nitrogens with zero attached hydrogens (tertiary/aromatic N) is 3. The van der Waals surface area contributed by atoms with Gasteiger partial charge in [0.15, 0.2) is 5.75 Å². The molecule has 4 aromatic rings. The molecule has 3 heterocycles. The lowest BCUT2D eigenvalue weighted by atomic mass is 10.1. The van der Waals surface area contributed by atoms with Gasteiger partial charge in [-0.15, -0.1) is 0 Å². The molecule has 1 amide bonds. The van der Waals surface area contributed by atoms with Crippen molar-refractivity contribution in [3.05, 3.63) is 84.2 Å². The SMILES string of the molecule is Cn1ccc2cc(C(=O)N3Cc4cccnc4Oc4ccccc43)ccc21. The van der Waals surface area contributed by atoms with Crippen LogP contribution in [-0.4, -0.2) is 15.5 Å². The summed E-state index contributed by atoms with van der Waals surface area (Å²) in [6.45, 7) is 0.409. The molecule has 0 unspecified atom stereocenters. The Kier molecular flexibility index (Phi) is 3.47.